The van der Waals surface area contributed by atoms with Gasteiger partial charge < -0.3 is 24.6 Å². The van der Waals surface area contributed by atoms with Crippen molar-refractivity contribution in [1.29, 1.82) is 0 Å². The molecule has 9 heteroatoms. The molecule has 34 heavy (non-hydrogen) atoms. The molecule has 0 saturated heterocycles. The predicted octanol–water partition coefficient (Wildman–Crippen LogP) is 4.22. The lowest BCUT2D eigenvalue weighted by atomic mass is 9.86. The predicted molar refractivity (Wildman–Crippen MR) is 127 cm³/mol. The summed E-state index contributed by atoms with van der Waals surface area (Å²) in [5.41, 5.74) is 3.64. The van der Waals surface area contributed by atoms with Gasteiger partial charge in [0.25, 0.3) is 0 Å². The van der Waals surface area contributed by atoms with E-state index in [1.807, 2.05) is 18.2 Å². The number of carbonyl (C=O) groups excluding carboxylic acids is 1. The van der Waals surface area contributed by atoms with E-state index in [0.29, 0.717) is 12.8 Å². The number of phosphoric acid groups is 1. The molecular weight excluding hydrogens is 457 g/mol. The van der Waals surface area contributed by atoms with Gasteiger partial charge in [0, 0.05) is 12.5 Å². The van der Waals surface area contributed by atoms with Crippen molar-refractivity contribution in [3.05, 3.63) is 59.2 Å². The molecule has 1 aliphatic heterocycles. The molecule has 1 heterocycles. The standard InChI is InChI=1S/C25H32NO7P/c1-17-4-2-3-5-22(17)24-12-8-19-16-21(11-13-23(19)33-24)32-20-9-6-18(7-10-20)25(27)26-14-15-31-34(28,29)30/h2-5,11,13,16,18,20,24H,6-10,12,14-15H2,1H3,(H,26,27)(H2,28,29,30)/t18-,20-,24-/m0/s1. The second kappa shape index (κ2) is 10.9. The van der Waals surface area contributed by atoms with Crippen LogP contribution in [0.3, 0.4) is 0 Å². The van der Waals surface area contributed by atoms with Crippen molar-refractivity contribution in [2.45, 2.75) is 57.7 Å². The number of hydrogen-bond donors (Lipinski definition) is 3. The minimum atomic E-state index is -4.50. The summed E-state index contributed by atoms with van der Waals surface area (Å²) >= 11 is 0. The first-order valence-corrected chi connectivity index (χ1v) is 13.3. The third kappa shape index (κ3) is 6.60. The number of rotatable bonds is 8. The summed E-state index contributed by atoms with van der Waals surface area (Å²) in [5.74, 6) is 1.52. The zero-order chi connectivity index (χ0) is 24.1. The molecule has 1 fully saturated rings. The van der Waals surface area contributed by atoms with Crippen LogP contribution in [0, 0.1) is 12.8 Å². The third-order valence-electron chi connectivity index (χ3n) is 6.52. The van der Waals surface area contributed by atoms with E-state index in [1.54, 1.807) is 0 Å². The van der Waals surface area contributed by atoms with Crippen LogP contribution in [0.2, 0.25) is 0 Å². The first kappa shape index (κ1) is 24.7. The molecule has 1 aliphatic carbocycles. The van der Waals surface area contributed by atoms with E-state index in [-0.39, 0.29) is 37.2 Å². The van der Waals surface area contributed by atoms with Gasteiger partial charge in [-0.05, 0) is 80.3 Å². The Balaban J connectivity index is 1.24. The van der Waals surface area contributed by atoms with Gasteiger partial charge in [0.1, 0.15) is 17.6 Å². The minimum Gasteiger partial charge on any atom is -0.490 e. The molecule has 2 aromatic carbocycles. The monoisotopic (exact) mass is 489 g/mol. The van der Waals surface area contributed by atoms with Gasteiger partial charge in [0.15, 0.2) is 0 Å². The molecule has 8 nitrogen and oxygen atoms in total. The summed E-state index contributed by atoms with van der Waals surface area (Å²) in [7, 11) is -4.50. The number of amides is 1. The zero-order valence-corrected chi connectivity index (χ0v) is 20.2. The quantitative estimate of drug-likeness (QED) is 0.376. The number of benzene rings is 2. The van der Waals surface area contributed by atoms with E-state index in [4.69, 9.17) is 19.3 Å². The summed E-state index contributed by atoms with van der Waals surface area (Å²) in [4.78, 5) is 29.6. The van der Waals surface area contributed by atoms with Gasteiger partial charge in [-0.2, -0.15) is 0 Å². The van der Waals surface area contributed by atoms with Gasteiger partial charge in [-0.25, -0.2) is 4.57 Å². The molecule has 0 radical (unpaired) electrons. The van der Waals surface area contributed by atoms with Gasteiger partial charge >= 0.3 is 7.82 Å². The van der Waals surface area contributed by atoms with E-state index in [0.717, 1.165) is 42.7 Å². The highest BCUT2D eigenvalue weighted by Crippen LogP contribution is 2.38. The van der Waals surface area contributed by atoms with Crippen LogP contribution in [-0.4, -0.2) is 34.9 Å². The molecule has 1 amide bonds. The minimum absolute atomic E-state index is 0.0596. The van der Waals surface area contributed by atoms with Crippen LogP contribution < -0.4 is 14.8 Å². The maximum Gasteiger partial charge on any atom is 0.469 e. The lowest BCUT2D eigenvalue weighted by molar-refractivity contribution is -0.126. The third-order valence-corrected chi connectivity index (χ3v) is 7.04. The topological polar surface area (TPSA) is 114 Å². The fourth-order valence-corrected chi connectivity index (χ4v) is 5.05. The van der Waals surface area contributed by atoms with Gasteiger partial charge in [-0.3, -0.25) is 9.32 Å². The highest BCUT2D eigenvalue weighted by atomic mass is 31.2. The van der Waals surface area contributed by atoms with Crippen LogP contribution in [0.1, 0.15) is 54.9 Å². The number of hydrogen-bond acceptors (Lipinski definition) is 5. The number of phosphoric ester groups is 1. The Hall–Kier alpha value is -2.38. The summed E-state index contributed by atoms with van der Waals surface area (Å²) < 4.78 is 27.5. The van der Waals surface area contributed by atoms with Crippen LogP contribution in [0.25, 0.3) is 0 Å². The van der Waals surface area contributed by atoms with Crippen molar-refractivity contribution in [3.63, 3.8) is 0 Å². The van der Waals surface area contributed by atoms with E-state index >= 15 is 0 Å². The van der Waals surface area contributed by atoms with Crippen molar-refractivity contribution >= 4 is 13.7 Å². The molecule has 4 rings (SSSR count). The van der Waals surface area contributed by atoms with Gasteiger partial charge in [-0.15, -0.1) is 0 Å². The molecule has 2 aliphatic rings. The molecule has 3 N–H and O–H groups in total. The largest absolute Gasteiger partial charge is 0.490 e. The Kier molecular flexibility index (Phi) is 7.94. The summed E-state index contributed by atoms with van der Waals surface area (Å²) in [6, 6.07) is 14.4. The first-order chi connectivity index (χ1) is 16.3. The average Bonchev–Trinajstić information content (AvgIpc) is 2.81. The smallest absolute Gasteiger partial charge is 0.469 e. The van der Waals surface area contributed by atoms with Crippen molar-refractivity contribution in [2.24, 2.45) is 5.92 Å². The number of nitrogens with one attached hydrogen (secondary N) is 1. The molecule has 0 unspecified atom stereocenters. The van der Waals surface area contributed by atoms with Crippen molar-refractivity contribution in [1.82, 2.24) is 5.32 Å². The molecule has 0 aromatic heterocycles. The second-order valence-corrected chi connectivity index (χ2v) is 10.2. The van der Waals surface area contributed by atoms with Crippen LogP contribution in [0.4, 0.5) is 0 Å². The SMILES string of the molecule is Cc1ccccc1[C@@H]1CCc2cc(O[C@H]3CC[C@H](C(=O)NCCOP(=O)(O)O)CC3)ccc2O1. The normalized spacial score (nSPS) is 22.4. The van der Waals surface area contributed by atoms with E-state index in [9.17, 15) is 9.36 Å². The number of fused-ring (bicyclic) bond motifs is 1. The first-order valence-electron chi connectivity index (χ1n) is 11.8. The molecule has 2 aromatic rings. The Morgan fingerprint density at radius 3 is 2.62 bits per heavy atom. The van der Waals surface area contributed by atoms with Gasteiger partial charge in [-0.1, -0.05) is 24.3 Å². The Morgan fingerprint density at radius 2 is 1.88 bits per heavy atom. The Morgan fingerprint density at radius 1 is 1.12 bits per heavy atom. The summed E-state index contributed by atoms with van der Waals surface area (Å²) in [5, 5.41) is 2.68. The van der Waals surface area contributed by atoms with Crippen molar-refractivity contribution in [2.75, 3.05) is 13.2 Å². The fraction of sp³-hybridized carbons (Fsp3) is 0.480. The van der Waals surface area contributed by atoms with E-state index in [2.05, 4.69) is 41.0 Å². The maximum absolute atomic E-state index is 12.3. The van der Waals surface area contributed by atoms with E-state index < -0.39 is 7.82 Å². The lowest BCUT2D eigenvalue weighted by Gasteiger charge is -2.30. The zero-order valence-electron chi connectivity index (χ0n) is 19.3. The fourth-order valence-electron chi connectivity index (χ4n) is 4.72. The Labute approximate surface area is 199 Å². The van der Waals surface area contributed by atoms with Crippen LogP contribution in [0.5, 0.6) is 11.5 Å². The molecule has 184 valence electrons. The number of carbonyl (C=O) groups is 1. The summed E-state index contributed by atoms with van der Waals surface area (Å²) in [6.07, 6.45) is 4.98. The average molecular weight is 490 g/mol. The van der Waals surface area contributed by atoms with Crippen LogP contribution in [0.15, 0.2) is 42.5 Å². The number of ether oxygens (including phenoxy) is 2. The molecule has 1 saturated carbocycles. The molecule has 0 bridgehead atoms. The van der Waals surface area contributed by atoms with Gasteiger partial charge in [0.05, 0.1) is 12.7 Å². The lowest BCUT2D eigenvalue weighted by Crippen LogP contribution is -2.36. The molecule has 1 atom stereocenters. The highest BCUT2D eigenvalue weighted by Gasteiger charge is 2.28. The van der Waals surface area contributed by atoms with Crippen LogP contribution >= 0.6 is 7.82 Å². The van der Waals surface area contributed by atoms with Crippen LogP contribution in [-0.2, 0) is 20.3 Å². The highest BCUT2D eigenvalue weighted by molar-refractivity contribution is 7.46. The molecule has 0 spiro atoms. The van der Waals surface area contributed by atoms with E-state index in [1.165, 1.54) is 11.1 Å². The Bertz CT molecular complexity index is 1050. The number of aryl methyl sites for hydroxylation is 2. The van der Waals surface area contributed by atoms with Gasteiger partial charge in [0.2, 0.25) is 5.91 Å². The van der Waals surface area contributed by atoms with Crippen molar-refractivity contribution in [3.8, 4) is 11.5 Å². The second-order valence-electron chi connectivity index (χ2n) is 8.98. The maximum atomic E-state index is 12.3. The van der Waals surface area contributed by atoms with Crippen molar-refractivity contribution < 1.29 is 33.1 Å². The molecular formula is C25H32NO7P. The summed E-state index contributed by atoms with van der Waals surface area (Å²) in [6.45, 7) is 1.97.